The highest BCUT2D eigenvalue weighted by Gasteiger charge is 2.24. The monoisotopic (exact) mass is 467 g/mol. The van der Waals surface area contributed by atoms with Crippen LogP contribution in [0.5, 0.6) is 5.75 Å². The normalized spacial score (nSPS) is 14.6. The minimum atomic E-state index is -0.574. The van der Waals surface area contributed by atoms with E-state index in [1.165, 1.54) is 0 Å². The number of rotatable bonds is 7. The van der Waals surface area contributed by atoms with Crippen molar-refractivity contribution in [2.45, 2.75) is 65.5 Å². The number of hydrogen-bond donors (Lipinski definition) is 2. The maximum absolute atomic E-state index is 12.5. The Bertz CT molecular complexity index is 806. The van der Waals surface area contributed by atoms with E-state index in [0.29, 0.717) is 36.7 Å². The lowest BCUT2D eigenvalue weighted by molar-refractivity contribution is -0.134. The van der Waals surface area contributed by atoms with E-state index in [-0.39, 0.29) is 37.4 Å². The van der Waals surface area contributed by atoms with Crippen LogP contribution in [0, 0.1) is 13.8 Å². The summed E-state index contributed by atoms with van der Waals surface area (Å²) >= 11 is 6.16. The van der Waals surface area contributed by atoms with Crippen LogP contribution in [-0.4, -0.2) is 60.7 Å². The van der Waals surface area contributed by atoms with Gasteiger partial charge in [0.25, 0.3) is 5.91 Å². The van der Waals surface area contributed by atoms with E-state index in [1.807, 2.05) is 26.0 Å². The highest BCUT2D eigenvalue weighted by molar-refractivity contribution is 6.32. The van der Waals surface area contributed by atoms with Crippen molar-refractivity contribution in [2.75, 3.05) is 26.2 Å². The van der Waals surface area contributed by atoms with Gasteiger partial charge in [-0.1, -0.05) is 11.6 Å². The molecule has 0 unspecified atom stereocenters. The van der Waals surface area contributed by atoms with Crippen LogP contribution in [0.1, 0.15) is 51.2 Å². The van der Waals surface area contributed by atoms with Crippen molar-refractivity contribution >= 4 is 29.5 Å². The molecule has 0 aromatic heterocycles. The highest BCUT2D eigenvalue weighted by atomic mass is 35.5. The second-order valence-corrected chi connectivity index (χ2v) is 9.44. The Kier molecular flexibility index (Phi) is 9.19. The van der Waals surface area contributed by atoms with E-state index in [1.54, 1.807) is 25.7 Å². The van der Waals surface area contributed by atoms with Crippen LogP contribution in [0.2, 0.25) is 5.02 Å². The molecule has 2 N–H and O–H groups in total. The fourth-order valence-electron chi connectivity index (χ4n) is 3.39. The highest BCUT2D eigenvalue weighted by Crippen LogP contribution is 2.26. The molecule has 1 heterocycles. The molecule has 0 saturated carbocycles. The lowest BCUT2D eigenvalue weighted by Gasteiger charge is -2.32. The number of likely N-dealkylation sites (tertiary alicyclic amines) is 1. The van der Waals surface area contributed by atoms with E-state index < -0.39 is 11.7 Å². The second kappa shape index (κ2) is 11.4. The average molecular weight is 468 g/mol. The predicted octanol–water partition coefficient (Wildman–Crippen LogP) is 3.36. The molecule has 178 valence electrons. The smallest absolute Gasteiger partial charge is 0.407 e. The molecule has 3 amide bonds. The van der Waals surface area contributed by atoms with Crippen LogP contribution in [-0.2, 0) is 14.3 Å². The number of carbonyl (C=O) groups excluding carboxylic acids is 3. The average Bonchev–Trinajstić information content (AvgIpc) is 2.69. The third-order valence-electron chi connectivity index (χ3n) is 5.01. The standard InChI is InChI=1S/C23H34ClN3O5/c1-15-12-18(13-16(2)21(15)24)31-14-20(29)27-10-7-17(8-11-27)26-19(28)6-9-25-22(30)32-23(3,4)5/h12-13,17H,6-11,14H2,1-5H3,(H,25,30)(H,26,28). The quantitative estimate of drug-likeness (QED) is 0.640. The molecule has 1 aromatic rings. The molecule has 1 aliphatic rings. The fraction of sp³-hybridized carbons (Fsp3) is 0.609. The van der Waals surface area contributed by atoms with Crippen molar-refractivity contribution in [3.63, 3.8) is 0 Å². The number of alkyl carbamates (subject to hydrolysis) is 1. The lowest BCUT2D eigenvalue weighted by atomic mass is 10.0. The number of benzene rings is 1. The maximum atomic E-state index is 12.5. The van der Waals surface area contributed by atoms with Crippen LogP contribution < -0.4 is 15.4 Å². The number of aryl methyl sites for hydroxylation is 2. The molecule has 0 aliphatic carbocycles. The fourth-order valence-corrected chi connectivity index (χ4v) is 3.50. The summed E-state index contributed by atoms with van der Waals surface area (Å²) in [4.78, 5) is 38.0. The van der Waals surface area contributed by atoms with Crippen molar-refractivity contribution in [1.29, 1.82) is 0 Å². The molecule has 1 fully saturated rings. The molecule has 0 bridgehead atoms. The van der Waals surface area contributed by atoms with Gasteiger partial charge in [-0.05, 0) is 70.7 Å². The summed E-state index contributed by atoms with van der Waals surface area (Å²) < 4.78 is 10.8. The van der Waals surface area contributed by atoms with Gasteiger partial charge in [0.05, 0.1) is 0 Å². The van der Waals surface area contributed by atoms with Crippen LogP contribution in [0.3, 0.4) is 0 Å². The Morgan fingerprint density at radius 1 is 1.12 bits per heavy atom. The zero-order valence-corrected chi connectivity index (χ0v) is 20.3. The summed E-state index contributed by atoms with van der Waals surface area (Å²) in [6, 6.07) is 3.65. The van der Waals surface area contributed by atoms with Gasteiger partial charge in [0.1, 0.15) is 11.4 Å². The topological polar surface area (TPSA) is 97.0 Å². The Hall–Kier alpha value is -2.48. The maximum Gasteiger partial charge on any atom is 0.407 e. The van der Waals surface area contributed by atoms with Gasteiger partial charge >= 0.3 is 6.09 Å². The number of nitrogens with one attached hydrogen (secondary N) is 2. The first-order chi connectivity index (χ1) is 14.9. The largest absolute Gasteiger partial charge is 0.484 e. The first kappa shape index (κ1) is 25.8. The summed E-state index contributed by atoms with van der Waals surface area (Å²) in [5, 5.41) is 6.24. The van der Waals surface area contributed by atoms with Gasteiger partial charge in [-0.2, -0.15) is 0 Å². The molecular weight excluding hydrogens is 434 g/mol. The second-order valence-electron chi connectivity index (χ2n) is 9.06. The molecule has 9 heteroatoms. The summed E-state index contributed by atoms with van der Waals surface area (Å²) in [5.41, 5.74) is 1.24. The van der Waals surface area contributed by atoms with Gasteiger partial charge in [0.2, 0.25) is 5.91 Å². The first-order valence-electron chi connectivity index (χ1n) is 10.9. The zero-order valence-electron chi connectivity index (χ0n) is 19.5. The van der Waals surface area contributed by atoms with Crippen molar-refractivity contribution in [1.82, 2.24) is 15.5 Å². The van der Waals surface area contributed by atoms with Crippen LogP contribution >= 0.6 is 11.6 Å². The number of piperidine rings is 1. The Morgan fingerprint density at radius 2 is 1.72 bits per heavy atom. The number of hydrogen-bond acceptors (Lipinski definition) is 5. The Morgan fingerprint density at radius 3 is 2.28 bits per heavy atom. The molecule has 32 heavy (non-hydrogen) atoms. The molecule has 2 rings (SSSR count). The summed E-state index contributed by atoms with van der Waals surface area (Å²) in [6.07, 6.45) is 0.988. The van der Waals surface area contributed by atoms with E-state index in [4.69, 9.17) is 21.1 Å². The van der Waals surface area contributed by atoms with Gasteiger partial charge in [-0.3, -0.25) is 9.59 Å². The summed E-state index contributed by atoms with van der Waals surface area (Å²) in [7, 11) is 0. The molecular formula is C23H34ClN3O5. The van der Waals surface area contributed by atoms with Crippen LogP contribution in [0.25, 0.3) is 0 Å². The number of amides is 3. The van der Waals surface area contributed by atoms with Gasteiger partial charge in [0, 0.05) is 37.1 Å². The number of nitrogens with zero attached hydrogens (tertiary/aromatic N) is 1. The SMILES string of the molecule is Cc1cc(OCC(=O)N2CCC(NC(=O)CCNC(=O)OC(C)(C)C)CC2)cc(C)c1Cl. The number of halogens is 1. The molecule has 0 spiro atoms. The van der Waals surface area contributed by atoms with Gasteiger partial charge in [-0.15, -0.1) is 0 Å². The Labute approximate surface area is 195 Å². The van der Waals surface area contributed by atoms with Gasteiger partial charge in [0.15, 0.2) is 6.61 Å². The van der Waals surface area contributed by atoms with Crippen molar-refractivity contribution < 1.29 is 23.9 Å². The van der Waals surface area contributed by atoms with E-state index in [0.717, 1.165) is 11.1 Å². The van der Waals surface area contributed by atoms with Crippen molar-refractivity contribution in [3.05, 3.63) is 28.3 Å². The number of ether oxygens (including phenoxy) is 2. The predicted molar refractivity (Wildman–Crippen MR) is 123 cm³/mol. The minimum absolute atomic E-state index is 0.00978. The first-order valence-corrected chi connectivity index (χ1v) is 11.3. The third-order valence-corrected chi connectivity index (χ3v) is 5.60. The van der Waals surface area contributed by atoms with Crippen molar-refractivity contribution in [3.8, 4) is 5.75 Å². The van der Waals surface area contributed by atoms with E-state index >= 15 is 0 Å². The molecule has 1 aliphatic heterocycles. The van der Waals surface area contributed by atoms with E-state index in [2.05, 4.69) is 10.6 Å². The van der Waals surface area contributed by atoms with Gasteiger partial charge < -0.3 is 25.0 Å². The van der Waals surface area contributed by atoms with Crippen LogP contribution in [0.15, 0.2) is 12.1 Å². The van der Waals surface area contributed by atoms with Crippen molar-refractivity contribution in [2.24, 2.45) is 0 Å². The van der Waals surface area contributed by atoms with Gasteiger partial charge in [-0.25, -0.2) is 4.79 Å². The molecule has 1 saturated heterocycles. The summed E-state index contributed by atoms with van der Waals surface area (Å²) in [5.74, 6) is 0.407. The summed E-state index contributed by atoms with van der Waals surface area (Å²) in [6.45, 7) is 10.4. The minimum Gasteiger partial charge on any atom is -0.484 e. The number of carbonyl (C=O) groups is 3. The molecule has 1 aromatic carbocycles. The zero-order chi connectivity index (χ0) is 23.9. The lowest BCUT2D eigenvalue weighted by Crippen LogP contribution is -2.48. The molecule has 8 nitrogen and oxygen atoms in total. The third kappa shape index (κ3) is 8.57. The Balaban J connectivity index is 1.66. The van der Waals surface area contributed by atoms with E-state index in [9.17, 15) is 14.4 Å². The van der Waals surface area contributed by atoms with Crippen LogP contribution in [0.4, 0.5) is 4.79 Å². The molecule has 0 radical (unpaired) electrons. The molecule has 0 atom stereocenters.